The molecule has 0 bridgehead atoms. The normalized spacial score (nSPS) is 14.5. The second-order valence-corrected chi connectivity index (χ2v) is 7.36. The first-order valence-corrected chi connectivity index (χ1v) is 10.1. The van der Waals surface area contributed by atoms with Gasteiger partial charge in [0.25, 0.3) is 0 Å². The van der Waals surface area contributed by atoms with Crippen LogP contribution in [-0.4, -0.2) is 21.1 Å². The van der Waals surface area contributed by atoms with Crippen LogP contribution < -0.4 is 10.6 Å². The van der Waals surface area contributed by atoms with E-state index in [1.54, 1.807) is 0 Å². The van der Waals surface area contributed by atoms with Gasteiger partial charge in [-0.1, -0.05) is 48.5 Å². The average molecular weight is 407 g/mol. The molecule has 0 fully saturated rings. The molecule has 3 heterocycles. The topological polar surface area (TPSA) is 71.8 Å². The van der Waals surface area contributed by atoms with Crippen LogP contribution in [-0.2, 0) is 11.3 Å². The van der Waals surface area contributed by atoms with Crippen LogP contribution >= 0.6 is 0 Å². The lowest BCUT2D eigenvalue weighted by molar-refractivity contribution is -0.109. The summed E-state index contributed by atoms with van der Waals surface area (Å²) in [7, 11) is 0. The highest BCUT2D eigenvalue weighted by Crippen LogP contribution is 2.36. The van der Waals surface area contributed by atoms with Gasteiger partial charge in [-0.25, -0.2) is 4.98 Å². The molecule has 152 valence electrons. The Morgan fingerprint density at radius 2 is 1.81 bits per heavy atom. The van der Waals surface area contributed by atoms with Gasteiger partial charge in [0.1, 0.15) is 18.1 Å². The van der Waals surface area contributed by atoms with Crippen LogP contribution in [0.25, 0.3) is 17.2 Å². The predicted molar refractivity (Wildman–Crippen MR) is 122 cm³/mol. The van der Waals surface area contributed by atoms with Crippen molar-refractivity contribution in [1.82, 2.24) is 20.1 Å². The van der Waals surface area contributed by atoms with Gasteiger partial charge in [-0.05, 0) is 35.5 Å². The van der Waals surface area contributed by atoms with Crippen molar-refractivity contribution in [3.8, 4) is 11.1 Å². The maximum Gasteiger partial charge on any atom is 0.146 e. The molecule has 2 N–H and O–H groups in total. The highest BCUT2D eigenvalue weighted by Gasteiger charge is 2.24. The predicted octanol–water partition coefficient (Wildman–Crippen LogP) is 4.55. The molecule has 4 aromatic rings. The highest BCUT2D eigenvalue weighted by atomic mass is 16.1. The van der Waals surface area contributed by atoms with E-state index in [2.05, 4.69) is 32.8 Å². The lowest BCUT2D eigenvalue weighted by Gasteiger charge is -2.24. The number of para-hydroxylation sites is 1. The van der Waals surface area contributed by atoms with Crippen molar-refractivity contribution < 1.29 is 4.79 Å². The van der Waals surface area contributed by atoms with Crippen molar-refractivity contribution in [2.75, 3.05) is 5.32 Å². The zero-order valence-electron chi connectivity index (χ0n) is 16.8. The quantitative estimate of drug-likeness (QED) is 0.459. The van der Waals surface area contributed by atoms with Gasteiger partial charge in [0.05, 0.1) is 12.7 Å². The average Bonchev–Trinajstić information content (AvgIpc) is 3.28. The molecule has 31 heavy (non-hydrogen) atoms. The Balaban J connectivity index is 1.53. The Morgan fingerprint density at radius 3 is 2.58 bits per heavy atom. The number of fused-ring (bicyclic) bond motifs is 1. The Bertz CT molecular complexity index is 1230. The van der Waals surface area contributed by atoms with Crippen molar-refractivity contribution in [2.45, 2.75) is 12.6 Å². The molecule has 6 heteroatoms. The van der Waals surface area contributed by atoms with Crippen LogP contribution in [0, 0.1) is 0 Å². The summed E-state index contributed by atoms with van der Waals surface area (Å²) in [4.78, 5) is 16.5. The minimum Gasteiger partial charge on any atom is -0.378 e. The zero-order valence-corrected chi connectivity index (χ0v) is 16.8. The molecule has 2 aromatic carbocycles. The standard InChI is InChI=1S/C25H21N5O/c31-17-23-24-21(11-12-26-23)22(14-27-25(24)29-20-9-5-2-6-10-20)19-13-28-30(16-19)15-18-7-3-1-4-8-18/h1-14,16-17,23,26H,15H2,(H,27,29). The number of aldehydes is 1. The van der Waals surface area contributed by atoms with Gasteiger partial charge < -0.3 is 15.4 Å². The lowest BCUT2D eigenvalue weighted by Crippen LogP contribution is -2.23. The van der Waals surface area contributed by atoms with E-state index in [1.165, 1.54) is 5.56 Å². The number of nitrogens with zero attached hydrogens (tertiary/aromatic N) is 3. The number of nitrogens with one attached hydrogen (secondary N) is 2. The van der Waals surface area contributed by atoms with Gasteiger partial charge in [0.15, 0.2) is 0 Å². The minimum absolute atomic E-state index is 0.474. The second kappa shape index (κ2) is 8.28. The Labute approximate surface area is 180 Å². The zero-order chi connectivity index (χ0) is 21.0. The summed E-state index contributed by atoms with van der Waals surface area (Å²) in [5.74, 6) is 0.663. The van der Waals surface area contributed by atoms with Crippen molar-refractivity contribution in [3.05, 3.63) is 102 Å². The number of pyridine rings is 1. The van der Waals surface area contributed by atoms with Crippen LogP contribution in [0.1, 0.15) is 22.7 Å². The molecular formula is C25H21N5O. The summed E-state index contributed by atoms with van der Waals surface area (Å²) in [6.45, 7) is 0.693. The van der Waals surface area contributed by atoms with Crippen molar-refractivity contribution in [3.63, 3.8) is 0 Å². The fourth-order valence-electron chi connectivity index (χ4n) is 3.81. The summed E-state index contributed by atoms with van der Waals surface area (Å²) >= 11 is 0. The molecule has 1 unspecified atom stereocenters. The monoisotopic (exact) mass is 407 g/mol. The van der Waals surface area contributed by atoms with E-state index in [9.17, 15) is 4.79 Å². The molecule has 0 radical (unpaired) electrons. The van der Waals surface area contributed by atoms with Gasteiger partial charge in [-0.15, -0.1) is 0 Å². The number of anilines is 2. The Hall–Kier alpha value is -4.19. The molecule has 1 aliphatic rings. The number of carbonyl (C=O) groups excluding carboxylic acids is 1. The van der Waals surface area contributed by atoms with Gasteiger partial charge in [-0.3, -0.25) is 4.68 Å². The Kier molecular flexibility index (Phi) is 5.02. The van der Waals surface area contributed by atoms with E-state index in [0.29, 0.717) is 12.4 Å². The smallest absolute Gasteiger partial charge is 0.146 e. The maximum absolute atomic E-state index is 11.8. The van der Waals surface area contributed by atoms with E-state index in [1.807, 2.05) is 84.1 Å². The molecule has 0 saturated heterocycles. The number of carbonyl (C=O) groups is 1. The second-order valence-electron chi connectivity index (χ2n) is 7.36. The van der Waals surface area contributed by atoms with Crippen LogP contribution in [0.2, 0.25) is 0 Å². The van der Waals surface area contributed by atoms with Crippen LogP contribution in [0.15, 0.2) is 85.5 Å². The summed E-state index contributed by atoms with van der Waals surface area (Å²) in [5.41, 5.74) is 5.79. The summed E-state index contributed by atoms with van der Waals surface area (Å²) < 4.78 is 1.91. The minimum atomic E-state index is -0.474. The van der Waals surface area contributed by atoms with Gasteiger partial charge >= 0.3 is 0 Å². The Morgan fingerprint density at radius 1 is 1.03 bits per heavy atom. The van der Waals surface area contributed by atoms with Crippen molar-refractivity contribution in [2.24, 2.45) is 0 Å². The van der Waals surface area contributed by atoms with Gasteiger partial charge in [0.2, 0.25) is 0 Å². The molecule has 0 amide bonds. The molecule has 2 aromatic heterocycles. The van der Waals surface area contributed by atoms with Crippen LogP contribution in [0.3, 0.4) is 0 Å². The van der Waals surface area contributed by atoms with E-state index in [0.717, 1.165) is 34.2 Å². The molecule has 6 nitrogen and oxygen atoms in total. The number of rotatable bonds is 6. The molecule has 0 saturated carbocycles. The molecule has 0 aliphatic carbocycles. The largest absolute Gasteiger partial charge is 0.378 e. The van der Waals surface area contributed by atoms with E-state index in [-0.39, 0.29) is 0 Å². The van der Waals surface area contributed by atoms with Crippen LogP contribution in [0.4, 0.5) is 11.5 Å². The first-order chi connectivity index (χ1) is 15.3. The van der Waals surface area contributed by atoms with E-state index < -0.39 is 6.04 Å². The lowest BCUT2D eigenvalue weighted by atomic mass is 9.93. The number of benzene rings is 2. The van der Waals surface area contributed by atoms with E-state index >= 15 is 0 Å². The van der Waals surface area contributed by atoms with Crippen molar-refractivity contribution in [1.29, 1.82) is 0 Å². The third-order valence-electron chi connectivity index (χ3n) is 5.30. The molecule has 5 rings (SSSR count). The fourth-order valence-corrected chi connectivity index (χ4v) is 3.81. The maximum atomic E-state index is 11.8. The fraction of sp³-hybridized carbons (Fsp3) is 0.0800. The molecule has 1 atom stereocenters. The summed E-state index contributed by atoms with van der Waals surface area (Å²) in [6, 6.07) is 19.6. The van der Waals surface area contributed by atoms with Gasteiger partial charge in [-0.2, -0.15) is 5.10 Å². The summed E-state index contributed by atoms with van der Waals surface area (Å²) in [6.07, 6.45) is 10.4. The third-order valence-corrected chi connectivity index (χ3v) is 5.30. The van der Waals surface area contributed by atoms with E-state index in [4.69, 9.17) is 0 Å². The first-order valence-electron chi connectivity index (χ1n) is 10.1. The highest BCUT2D eigenvalue weighted by molar-refractivity contribution is 5.84. The van der Waals surface area contributed by atoms with Gasteiger partial charge in [0, 0.05) is 34.8 Å². The summed E-state index contributed by atoms with van der Waals surface area (Å²) in [5, 5.41) is 11.0. The van der Waals surface area contributed by atoms with Crippen LogP contribution in [0.5, 0.6) is 0 Å². The first kappa shape index (κ1) is 18.8. The molecule has 1 aliphatic heterocycles. The SMILES string of the molecule is O=CC1NC=Cc2c(-c3cnn(Cc4ccccc4)c3)cnc(Nc3ccccc3)c21. The van der Waals surface area contributed by atoms with Crippen molar-refractivity contribution >= 4 is 23.9 Å². The molecular weight excluding hydrogens is 386 g/mol. The third kappa shape index (κ3) is 3.83. The number of hydrogen-bond acceptors (Lipinski definition) is 5. The number of hydrogen-bond donors (Lipinski definition) is 2. The molecule has 0 spiro atoms. The number of aromatic nitrogens is 3.